The highest BCUT2D eigenvalue weighted by Crippen LogP contribution is 2.36. The van der Waals surface area contributed by atoms with Crippen LogP contribution in [-0.4, -0.2) is 4.57 Å². The number of nitrogens with zero attached hydrogens (tertiary/aromatic N) is 1. The van der Waals surface area contributed by atoms with Crippen LogP contribution in [0, 0.1) is 0 Å². The van der Waals surface area contributed by atoms with Crippen molar-refractivity contribution in [3.63, 3.8) is 0 Å². The molecule has 0 unspecified atom stereocenters. The van der Waals surface area contributed by atoms with Crippen molar-refractivity contribution in [1.82, 2.24) is 4.57 Å². The number of aromatic nitrogens is 1. The smallest absolute Gasteiger partial charge is 0.137 e. The molecule has 6 aromatic rings. The maximum Gasteiger partial charge on any atom is 0.137 e. The maximum absolute atomic E-state index is 8.69. The number of hydrogen-bond acceptors (Lipinski definition) is 1. The molecule has 0 saturated carbocycles. The molecule has 128 valence electrons. The van der Waals surface area contributed by atoms with Gasteiger partial charge in [0.2, 0.25) is 0 Å². The van der Waals surface area contributed by atoms with Crippen molar-refractivity contribution in [1.29, 1.82) is 0 Å². The average Bonchev–Trinajstić information content (AvgIpc) is 3.39. The fourth-order valence-corrected chi connectivity index (χ4v) is 3.90. The van der Waals surface area contributed by atoms with E-state index in [1.807, 2.05) is 30.3 Å². The Morgan fingerprint density at radius 3 is 2.56 bits per heavy atom. The first-order valence-corrected chi connectivity index (χ1v) is 9.13. The molecule has 4 aromatic carbocycles. The van der Waals surface area contributed by atoms with Crippen LogP contribution in [0.25, 0.3) is 49.4 Å². The van der Waals surface area contributed by atoms with Crippen molar-refractivity contribution in [2.24, 2.45) is 0 Å². The Morgan fingerprint density at radius 2 is 1.59 bits per heavy atom. The quantitative estimate of drug-likeness (QED) is 0.271. The van der Waals surface area contributed by atoms with Crippen molar-refractivity contribution in [2.45, 2.75) is 0 Å². The summed E-state index contributed by atoms with van der Waals surface area (Å²) in [5.41, 5.74) is 2.12. The van der Waals surface area contributed by atoms with Gasteiger partial charge in [-0.1, -0.05) is 52.3 Å². The van der Waals surface area contributed by atoms with Crippen molar-refractivity contribution >= 4 is 59.7 Å². The van der Waals surface area contributed by atoms with Crippen molar-refractivity contribution in [3.05, 3.63) is 89.2 Å². The molecule has 6 rings (SSSR count). The number of hydrogen-bond donors (Lipinski definition) is 0. The second kappa shape index (κ2) is 5.48. The maximum atomic E-state index is 8.69. The summed E-state index contributed by atoms with van der Waals surface area (Å²) in [6.45, 7) is 0. The molecule has 3 heteroatoms. The lowest BCUT2D eigenvalue weighted by Crippen LogP contribution is -1.93. The van der Waals surface area contributed by atoms with Gasteiger partial charge in [-0.05, 0) is 42.4 Å². The second-order valence-electron chi connectivity index (χ2n) is 6.25. The van der Waals surface area contributed by atoms with Crippen molar-refractivity contribution in [2.75, 3.05) is 0 Å². The van der Waals surface area contributed by atoms with Gasteiger partial charge in [0.05, 0.1) is 20.6 Å². The highest BCUT2D eigenvalue weighted by molar-refractivity contribution is 9.10. The first-order chi connectivity index (χ1) is 16.2. The third-order valence-corrected chi connectivity index (χ3v) is 5.14. The topological polar surface area (TPSA) is 18.1 Å². The predicted molar refractivity (Wildman–Crippen MR) is 116 cm³/mol. The van der Waals surface area contributed by atoms with E-state index in [1.54, 1.807) is 16.7 Å². The molecule has 0 bridgehead atoms. The van der Waals surface area contributed by atoms with Gasteiger partial charge in [-0.25, -0.2) is 0 Å². The number of fused-ring (bicyclic) bond motifs is 6. The minimum absolute atomic E-state index is 0.101. The van der Waals surface area contributed by atoms with E-state index < -0.39 is 12.1 Å². The molecule has 2 nitrogen and oxygen atoms in total. The molecule has 2 heterocycles. The molecule has 0 fully saturated rings. The standard InChI is InChI=1S/C24H14BrNO/c25-15-9-12-22-20(13-15)17-5-1-3-7-21(17)26(22)16-10-11-19-18-6-2-4-8-23(18)27-24(19)14-16/h1-14H/i1D,3D,5D,7D,9D,12D,13D. The predicted octanol–water partition coefficient (Wildman–Crippen LogP) is 7.45. The van der Waals surface area contributed by atoms with Crippen LogP contribution in [0.2, 0.25) is 0 Å². The lowest BCUT2D eigenvalue weighted by molar-refractivity contribution is 0.668. The third kappa shape index (κ3) is 2.12. The highest BCUT2D eigenvalue weighted by atomic mass is 79.9. The highest BCUT2D eigenvalue weighted by Gasteiger charge is 2.14. The summed E-state index contributed by atoms with van der Waals surface area (Å²) >= 11 is 3.22. The summed E-state index contributed by atoms with van der Waals surface area (Å²) in [4.78, 5) is 0. The van der Waals surface area contributed by atoms with Gasteiger partial charge in [-0.15, -0.1) is 0 Å². The fourth-order valence-electron chi connectivity index (χ4n) is 3.60. The van der Waals surface area contributed by atoms with E-state index in [2.05, 4.69) is 15.9 Å². The zero-order chi connectivity index (χ0) is 24.0. The molecule has 2 aromatic heterocycles. The van der Waals surface area contributed by atoms with E-state index in [1.165, 1.54) is 0 Å². The van der Waals surface area contributed by atoms with Crippen molar-refractivity contribution in [3.8, 4) is 5.69 Å². The zero-order valence-corrected chi connectivity index (χ0v) is 15.4. The molecule has 0 saturated heterocycles. The third-order valence-electron chi connectivity index (χ3n) is 4.75. The van der Waals surface area contributed by atoms with Gasteiger partial charge >= 0.3 is 0 Å². The summed E-state index contributed by atoms with van der Waals surface area (Å²) < 4.78 is 66.9. The summed E-state index contributed by atoms with van der Waals surface area (Å²) in [5.74, 6) is 0. The van der Waals surface area contributed by atoms with E-state index in [-0.39, 0.29) is 56.5 Å². The Balaban J connectivity index is 1.87. The van der Waals surface area contributed by atoms with Gasteiger partial charge in [-0.2, -0.15) is 0 Å². The van der Waals surface area contributed by atoms with Gasteiger partial charge in [0.15, 0.2) is 0 Å². The van der Waals surface area contributed by atoms with Crippen LogP contribution in [-0.2, 0) is 0 Å². The molecule has 0 N–H and O–H groups in total. The van der Waals surface area contributed by atoms with Gasteiger partial charge in [0, 0.05) is 37.8 Å². The van der Waals surface area contributed by atoms with Gasteiger partial charge in [0.25, 0.3) is 0 Å². The summed E-state index contributed by atoms with van der Waals surface area (Å²) in [6, 6.07) is 11.2. The minimum atomic E-state index is -0.415. The lowest BCUT2D eigenvalue weighted by Gasteiger charge is -2.07. The number of benzene rings is 4. The molecular weight excluding hydrogens is 398 g/mol. The number of halogens is 1. The second-order valence-corrected chi connectivity index (χ2v) is 7.04. The van der Waals surface area contributed by atoms with E-state index in [0.29, 0.717) is 16.9 Å². The van der Waals surface area contributed by atoms with Crippen molar-refractivity contribution < 1.29 is 14.0 Å². The largest absolute Gasteiger partial charge is 0.456 e. The minimum Gasteiger partial charge on any atom is -0.456 e. The van der Waals surface area contributed by atoms with Crippen LogP contribution in [0.4, 0.5) is 0 Å². The molecule has 0 spiro atoms. The van der Waals surface area contributed by atoms with Crippen LogP contribution in [0.3, 0.4) is 0 Å². The Morgan fingerprint density at radius 1 is 0.778 bits per heavy atom. The van der Waals surface area contributed by atoms with E-state index in [9.17, 15) is 0 Å². The molecular formula is C24H14BrNO. The lowest BCUT2D eigenvalue weighted by atomic mass is 10.1. The van der Waals surface area contributed by atoms with Gasteiger partial charge < -0.3 is 8.98 Å². The SMILES string of the molecule is [2H]c1c([2H])c([2H])c2c(c1[2H])c1c([2H])c(Br)c([2H])c([2H])c1n2-c1ccc2c(c1)oc1ccccc12. The molecule has 27 heavy (non-hydrogen) atoms. The van der Waals surface area contributed by atoms with E-state index in [0.717, 1.165) is 10.8 Å². The van der Waals surface area contributed by atoms with E-state index >= 15 is 0 Å². The zero-order valence-electron chi connectivity index (χ0n) is 20.8. The normalized spacial score (nSPS) is 15.5. The fraction of sp³-hybridized carbons (Fsp3) is 0. The monoisotopic (exact) mass is 418 g/mol. The van der Waals surface area contributed by atoms with Crippen LogP contribution in [0.15, 0.2) is 93.7 Å². The van der Waals surface area contributed by atoms with Crippen LogP contribution in [0.1, 0.15) is 9.60 Å². The Labute approximate surface area is 173 Å². The Kier molecular flexibility index (Phi) is 1.98. The Bertz CT molecular complexity index is 1780. The van der Waals surface area contributed by atoms with Crippen LogP contribution in [0.5, 0.6) is 0 Å². The molecule has 0 aliphatic heterocycles. The van der Waals surface area contributed by atoms with Crippen LogP contribution < -0.4 is 0 Å². The average molecular weight is 419 g/mol. The Hall–Kier alpha value is -3.04. The van der Waals surface area contributed by atoms with Gasteiger partial charge in [-0.3, -0.25) is 0 Å². The molecule has 0 radical (unpaired) electrons. The summed E-state index contributed by atoms with van der Waals surface area (Å²) in [7, 11) is 0. The summed E-state index contributed by atoms with van der Waals surface area (Å²) in [5, 5.41) is 2.17. The van der Waals surface area contributed by atoms with E-state index in [4.69, 9.17) is 14.0 Å². The first kappa shape index (κ1) is 9.77. The molecule has 0 aliphatic carbocycles. The van der Waals surface area contributed by atoms with Crippen LogP contribution >= 0.6 is 15.9 Å². The molecule has 0 aliphatic rings. The number of rotatable bonds is 1. The first-order valence-electron chi connectivity index (χ1n) is 11.8. The van der Waals surface area contributed by atoms with Gasteiger partial charge in [0.1, 0.15) is 11.2 Å². The molecule has 0 atom stereocenters. The number of furan rings is 1. The number of para-hydroxylation sites is 2. The summed E-state index contributed by atoms with van der Waals surface area (Å²) in [6.07, 6.45) is 0. The molecule has 0 amide bonds.